The van der Waals surface area contributed by atoms with E-state index in [0.717, 1.165) is 0 Å². The third-order valence-electron chi connectivity index (χ3n) is 2.55. The molecule has 2 rings (SSSR count). The molecular formula is C11H12BrN2O3PS2. The molecule has 0 radical (unpaired) electrons. The molecule has 2 heterocycles. The number of nitrogens with zero attached hydrogens (tertiary/aromatic N) is 2. The standard InChI is InChI=1S/C11H12BrN2O3PS2/c1-16-18(19,17-2)20-7-8-10(12)11(15)14-6-4-3-5-9(14)13-8/h3-6H,7H2,1-2H3. The molecule has 0 spiro atoms. The molecule has 108 valence electrons. The Morgan fingerprint density at radius 2 is 2.15 bits per heavy atom. The highest BCUT2D eigenvalue weighted by atomic mass is 79.9. The summed E-state index contributed by atoms with van der Waals surface area (Å²) in [7, 11) is 3.05. The van der Waals surface area contributed by atoms with Gasteiger partial charge in [0, 0.05) is 26.2 Å². The van der Waals surface area contributed by atoms with E-state index in [-0.39, 0.29) is 5.56 Å². The fourth-order valence-corrected chi connectivity index (χ4v) is 4.93. The van der Waals surface area contributed by atoms with Gasteiger partial charge in [0.15, 0.2) is 0 Å². The summed E-state index contributed by atoms with van der Waals surface area (Å²) in [6.45, 7) is 0. The molecule has 20 heavy (non-hydrogen) atoms. The van der Waals surface area contributed by atoms with Gasteiger partial charge < -0.3 is 9.05 Å². The molecule has 2 aromatic rings. The number of rotatable bonds is 5. The number of hydrogen-bond donors (Lipinski definition) is 0. The Bertz CT molecular complexity index is 729. The van der Waals surface area contributed by atoms with E-state index in [0.29, 0.717) is 21.6 Å². The van der Waals surface area contributed by atoms with E-state index >= 15 is 0 Å². The highest BCUT2D eigenvalue weighted by Gasteiger charge is 2.19. The predicted octanol–water partition coefficient (Wildman–Crippen LogP) is 3.21. The molecule has 0 bridgehead atoms. The number of halogens is 1. The molecular weight excluding hydrogens is 383 g/mol. The van der Waals surface area contributed by atoms with Crippen LogP contribution >= 0.6 is 33.0 Å². The zero-order chi connectivity index (χ0) is 14.8. The van der Waals surface area contributed by atoms with Gasteiger partial charge in [0.05, 0.1) is 5.69 Å². The summed E-state index contributed by atoms with van der Waals surface area (Å²) in [6.07, 6.45) is 1.68. The molecule has 0 aromatic carbocycles. The van der Waals surface area contributed by atoms with Crippen molar-refractivity contribution < 1.29 is 9.05 Å². The number of fused-ring (bicyclic) bond motifs is 1. The fraction of sp³-hybridized carbons (Fsp3) is 0.273. The molecule has 0 saturated carbocycles. The average molecular weight is 395 g/mol. The van der Waals surface area contributed by atoms with Crippen LogP contribution in [0.15, 0.2) is 33.7 Å². The fourth-order valence-electron chi connectivity index (χ4n) is 1.53. The molecule has 0 N–H and O–H groups in total. The van der Waals surface area contributed by atoms with Crippen molar-refractivity contribution in [2.75, 3.05) is 14.2 Å². The highest BCUT2D eigenvalue weighted by Crippen LogP contribution is 2.60. The minimum atomic E-state index is -2.36. The normalized spacial score (nSPS) is 11.9. The summed E-state index contributed by atoms with van der Waals surface area (Å²) in [5, 5.41) is 0. The maximum atomic E-state index is 12.2. The first-order valence-corrected chi connectivity index (χ1v) is 10.5. The minimum absolute atomic E-state index is 0.144. The predicted molar refractivity (Wildman–Crippen MR) is 88.8 cm³/mol. The molecule has 2 aromatic heterocycles. The van der Waals surface area contributed by atoms with Crippen molar-refractivity contribution in [3.63, 3.8) is 0 Å². The van der Waals surface area contributed by atoms with Crippen LogP contribution < -0.4 is 5.56 Å². The van der Waals surface area contributed by atoms with Crippen molar-refractivity contribution in [3.8, 4) is 0 Å². The molecule has 9 heteroatoms. The van der Waals surface area contributed by atoms with Crippen molar-refractivity contribution >= 4 is 50.5 Å². The second-order valence-electron chi connectivity index (χ2n) is 3.69. The highest BCUT2D eigenvalue weighted by molar-refractivity contribution is 9.10. The van der Waals surface area contributed by atoms with Gasteiger partial charge in [-0.25, -0.2) is 4.98 Å². The summed E-state index contributed by atoms with van der Waals surface area (Å²) in [5.41, 5.74) is -1.28. The number of pyridine rings is 1. The first-order chi connectivity index (χ1) is 9.50. The van der Waals surface area contributed by atoms with Crippen molar-refractivity contribution in [1.82, 2.24) is 9.38 Å². The maximum absolute atomic E-state index is 12.2. The van der Waals surface area contributed by atoms with Gasteiger partial charge in [0.2, 0.25) is 5.69 Å². The van der Waals surface area contributed by atoms with E-state index < -0.39 is 5.69 Å². The third kappa shape index (κ3) is 3.32. The molecule has 0 amide bonds. The van der Waals surface area contributed by atoms with Gasteiger partial charge in [0.25, 0.3) is 5.56 Å². The van der Waals surface area contributed by atoms with Gasteiger partial charge >= 0.3 is 0 Å². The van der Waals surface area contributed by atoms with Gasteiger partial charge in [-0.2, -0.15) is 0 Å². The average Bonchev–Trinajstić information content (AvgIpc) is 2.49. The van der Waals surface area contributed by atoms with Crippen LogP contribution in [0, 0.1) is 0 Å². The second-order valence-corrected chi connectivity index (χ2v) is 11.0. The lowest BCUT2D eigenvalue weighted by Crippen LogP contribution is -2.17. The molecule has 0 unspecified atom stereocenters. The van der Waals surface area contributed by atoms with Crippen LogP contribution in [0.5, 0.6) is 0 Å². The Morgan fingerprint density at radius 1 is 1.45 bits per heavy atom. The van der Waals surface area contributed by atoms with E-state index in [2.05, 4.69) is 20.9 Å². The zero-order valence-corrected chi connectivity index (χ0v) is 14.9. The molecule has 5 nitrogen and oxygen atoms in total. The van der Waals surface area contributed by atoms with E-state index in [4.69, 9.17) is 20.9 Å². The third-order valence-corrected chi connectivity index (χ3v) is 9.04. The van der Waals surface area contributed by atoms with Crippen molar-refractivity contribution in [2.45, 2.75) is 5.75 Å². The lowest BCUT2D eigenvalue weighted by molar-refractivity contribution is 0.354. The minimum Gasteiger partial charge on any atom is -0.325 e. The summed E-state index contributed by atoms with van der Waals surface area (Å²) >= 11 is 9.93. The first-order valence-electron chi connectivity index (χ1n) is 5.52. The van der Waals surface area contributed by atoms with Gasteiger partial charge in [0.1, 0.15) is 10.1 Å². The van der Waals surface area contributed by atoms with Gasteiger partial charge in [-0.1, -0.05) is 17.4 Å². The lowest BCUT2D eigenvalue weighted by atomic mass is 10.4. The van der Waals surface area contributed by atoms with Gasteiger partial charge in [-0.3, -0.25) is 9.20 Å². The van der Waals surface area contributed by atoms with Crippen LogP contribution in [0.3, 0.4) is 0 Å². The molecule has 0 aliphatic carbocycles. The van der Waals surface area contributed by atoms with Crippen LogP contribution in [0.1, 0.15) is 5.69 Å². The topological polar surface area (TPSA) is 52.8 Å². The van der Waals surface area contributed by atoms with E-state index in [1.165, 1.54) is 30.0 Å². The Kier molecular flexibility index (Phi) is 5.39. The molecule has 0 atom stereocenters. The Hall–Kier alpha value is -0.240. The number of hydrogen-bond acceptors (Lipinski definition) is 6. The largest absolute Gasteiger partial charge is 0.325 e. The van der Waals surface area contributed by atoms with Crippen LogP contribution in [-0.2, 0) is 26.6 Å². The van der Waals surface area contributed by atoms with Crippen molar-refractivity contribution in [3.05, 3.63) is 44.9 Å². The van der Waals surface area contributed by atoms with Crippen LogP contribution in [0.2, 0.25) is 0 Å². The van der Waals surface area contributed by atoms with Crippen LogP contribution in [0.4, 0.5) is 0 Å². The summed E-state index contributed by atoms with van der Waals surface area (Å²) < 4.78 is 12.3. The van der Waals surface area contributed by atoms with Crippen LogP contribution in [0.25, 0.3) is 5.65 Å². The Morgan fingerprint density at radius 3 is 2.80 bits per heavy atom. The zero-order valence-electron chi connectivity index (χ0n) is 10.8. The monoisotopic (exact) mass is 394 g/mol. The summed E-state index contributed by atoms with van der Waals surface area (Å²) in [5.74, 6) is 0.445. The van der Waals surface area contributed by atoms with E-state index in [9.17, 15) is 4.79 Å². The van der Waals surface area contributed by atoms with Gasteiger partial charge in [-0.05, 0) is 39.9 Å². The first kappa shape index (κ1) is 16.1. The molecule has 0 aliphatic heterocycles. The van der Waals surface area contributed by atoms with E-state index in [1.54, 1.807) is 18.3 Å². The van der Waals surface area contributed by atoms with Gasteiger partial charge in [-0.15, -0.1) is 0 Å². The number of aromatic nitrogens is 2. The Labute approximate surface area is 133 Å². The smallest absolute Gasteiger partial charge is 0.272 e. The molecule has 0 aliphatic rings. The van der Waals surface area contributed by atoms with Crippen molar-refractivity contribution in [2.24, 2.45) is 0 Å². The quantitative estimate of drug-likeness (QED) is 0.725. The molecule has 0 fully saturated rings. The van der Waals surface area contributed by atoms with Crippen LogP contribution in [-0.4, -0.2) is 23.6 Å². The van der Waals surface area contributed by atoms with Crippen molar-refractivity contribution in [1.29, 1.82) is 0 Å². The lowest BCUT2D eigenvalue weighted by Gasteiger charge is -2.16. The summed E-state index contributed by atoms with van der Waals surface area (Å²) in [6, 6.07) is 5.40. The summed E-state index contributed by atoms with van der Waals surface area (Å²) in [4.78, 5) is 16.7. The Balaban J connectivity index is 2.38. The second kappa shape index (κ2) is 6.68. The SMILES string of the molecule is COP(=S)(OC)SCc1nc2ccccn2c(=O)c1Br. The van der Waals surface area contributed by atoms with E-state index in [1.807, 2.05) is 6.07 Å². The molecule has 0 saturated heterocycles. The maximum Gasteiger partial charge on any atom is 0.272 e.